The van der Waals surface area contributed by atoms with Gasteiger partial charge in [0, 0.05) is 4.88 Å². The molecule has 72 valence electrons. The van der Waals surface area contributed by atoms with Crippen LogP contribution in [0.5, 0.6) is 0 Å². The van der Waals surface area contributed by atoms with E-state index in [9.17, 15) is 0 Å². The molecule has 0 saturated heterocycles. The number of thiazole rings is 1. The first kappa shape index (κ1) is 8.24. The maximum atomic E-state index is 5.35. The van der Waals surface area contributed by atoms with Gasteiger partial charge in [-0.25, -0.2) is 4.98 Å². The predicted molar refractivity (Wildman–Crippen MR) is 56.5 cm³/mol. The second-order valence-corrected chi connectivity index (χ2v) is 4.66. The van der Waals surface area contributed by atoms with Crippen LogP contribution < -0.4 is 0 Å². The fraction of sp³-hybridized carbons (Fsp3) is 0.364. The number of fused-ring (bicyclic) bond motifs is 1. The number of aryl methyl sites for hydroxylation is 2. The van der Waals surface area contributed by atoms with Crippen LogP contribution in [0.2, 0.25) is 0 Å². The van der Waals surface area contributed by atoms with Crippen molar-refractivity contribution in [1.29, 1.82) is 0 Å². The molecule has 1 aliphatic carbocycles. The van der Waals surface area contributed by atoms with Crippen LogP contribution in [0.4, 0.5) is 0 Å². The van der Waals surface area contributed by atoms with E-state index in [0.29, 0.717) is 0 Å². The Hall–Kier alpha value is -1.09. The van der Waals surface area contributed by atoms with Crippen LogP contribution in [0.1, 0.15) is 23.4 Å². The molecule has 0 N–H and O–H groups in total. The highest BCUT2D eigenvalue weighted by atomic mass is 32.1. The highest BCUT2D eigenvalue weighted by Crippen LogP contribution is 2.32. The van der Waals surface area contributed by atoms with E-state index in [1.54, 1.807) is 17.6 Å². The van der Waals surface area contributed by atoms with E-state index in [-0.39, 0.29) is 0 Å². The van der Waals surface area contributed by atoms with Gasteiger partial charge in [-0.15, -0.1) is 11.3 Å². The van der Waals surface area contributed by atoms with Crippen molar-refractivity contribution in [2.75, 3.05) is 0 Å². The van der Waals surface area contributed by atoms with E-state index < -0.39 is 0 Å². The normalized spacial score (nSPS) is 15.4. The van der Waals surface area contributed by atoms with E-state index in [0.717, 1.165) is 17.2 Å². The van der Waals surface area contributed by atoms with Gasteiger partial charge in [0.2, 0.25) is 0 Å². The lowest BCUT2D eigenvalue weighted by molar-refractivity contribution is 0.581. The standard InChI is InChI=1S/C11H11NOS/c1-2-6-10-8(4-1)12-11(14-10)9-5-3-7-13-9/h3,5,7H,1-2,4,6H2. The SMILES string of the molecule is c1coc(-c2nc3c(s2)CCCC3)c1. The van der Waals surface area contributed by atoms with Gasteiger partial charge in [0.15, 0.2) is 10.8 Å². The Morgan fingerprint density at radius 3 is 3.00 bits per heavy atom. The highest BCUT2D eigenvalue weighted by Gasteiger charge is 2.16. The minimum atomic E-state index is 0.907. The lowest BCUT2D eigenvalue weighted by Crippen LogP contribution is -1.98. The van der Waals surface area contributed by atoms with Crippen LogP contribution in [0.3, 0.4) is 0 Å². The van der Waals surface area contributed by atoms with Gasteiger partial charge >= 0.3 is 0 Å². The molecular weight excluding hydrogens is 194 g/mol. The average molecular weight is 205 g/mol. The van der Waals surface area contributed by atoms with Crippen LogP contribution in [0.15, 0.2) is 22.8 Å². The van der Waals surface area contributed by atoms with E-state index in [4.69, 9.17) is 4.42 Å². The molecule has 3 rings (SSSR count). The molecule has 14 heavy (non-hydrogen) atoms. The fourth-order valence-electron chi connectivity index (χ4n) is 1.86. The van der Waals surface area contributed by atoms with Crippen molar-refractivity contribution in [3.8, 4) is 10.8 Å². The Bertz CT molecular complexity index is 407. The molecule has 2 aromatic rings. The van der Waals surface area contributed by atoms with Crippen molar-refractivity contribution in [1.82, 2.24) is 4.98 Å². The van der Waals surface area contributed by atoms with E-state index in [2.05, 4.69) is 4.98 Å². The summed E-state index contributed by atoms with van der Waals surface area (Å²) >= 11 is 1.79. The third kappa shape index (κ3) is 1.28. The Kier molecular flexibility index (Phi) is 1.91. The molecule has 0 atom stereocenters. The second-order valence-electron chi connectivity index (χ2n) is 3.57. The first-order valence-corrected chi connectivity index (χ1v) is 5.77. The summed E-state index contributed by atoms with van der Waals surface area (Å²) in [4.78, 5) is 6.08. The number of nitrogens with zero attached hydrogens (tertiary/aromatic N) is 1. The molecule has 0 aliphatic heterocycles. The summed E-state index contributed by atoms with van der Waals surface area (Å²) in [6.45, 7) is 0. The molecule has 0 radical (unpaired) electrons. The highest BCUT2D eigenvalue weighted by molar-refractivity contribution is 7.15. The average Bonchev–Trinajstić information content (AvgIpc) is 2.86. The zero-order valence-electron chi connectivity index (χ0n) is 7.82. The Morgan fingerprint density at radius 1 is 1.29 bits per heavy atom. The molecule has 0 aromatic carbocycles. The Morgan fingerprint density at radius 2 is 2.21 bits per heavy atom. The third-order valence-corrected chi connectivity index (χ3v) is 3.75. The zero-order chi connectivity index (χ0) is 9.38. The summed E-state index contributed by atoms with van der Waals surface area (Å²) in [6, 6.07) is 3.89. The van der Waals surface area contributed by atoms with Crippen molar-refractivity contribution in [2.24, 2.45) is 0 Å². The Labute approximate surface area is 86.6 Å². The van der Waals surface area contributed by atoms with Gasteiger partial charge in [-0.2, -0.15) is 0 Å². The molecule has 0 spiro atoms. The topological polar surface area (TPSA) is 26.0 Å². The summed E-state index contributed by atoms with van der Waals surface area (Å²) < 4.78 is 5.35. The Balaban J connectivity index is 2.04. The molecule has 2 nitrogen and oxygen atoms in total. The van der Waals surface area contributed by atoms with E-state index >= 15 is 0 Å². The van der Waals surface area contributed by atoms with E-state index in [1.165, 1.54) is 29.8 Å². The number of rotatable bonds is 1. The summed E-state index contributed by atoms with van der Waals surface area (Å²) in [7, 11) is 0. The number of aromatic nitrogens is 1. The molecule has 3 heteroatoms. The molecule has 0 fully saturated rings. The van der Waals surface area contributed by atoms with Gasteiger partial charge in [-0.1, -0.05) is 0 Å². The number of hydrogen-bond donors (Lipinski definition) is 0. The van der Waals surface area contributed by atoms with Crippen molar-refractivity contribution in [2.45, 2.75) is 25.7 Å². The van der Waals surface area contributed by atoms with Crippen LogP contribution >= 0.6 is 11.3 Å². The summed E-state index contributed by atoms with van der Waals surface area (Å²) in [5, 5.41) is 1.04. The van der Waals surface area contributed by atoms with Crippen molar-refractivity contribution < 1.29 is 4.42 Å². The maximum absolute atomic E-state index is 5.35. The van der Waals surface area contributed by atoms with Crippen molar-refractivity contribution in [3.63, 3.8) is 0 Å². The summed E-state index contributed by atoms with van der Waals surface area (Å²) in [5.41, 5.74) is 1.30. The fourth-order valence-corrected chi connectivity index (χ4v) is 2.98. The molecule has 2 aromatic heterocycles. The smallest absolute Gasteiger partial charge is 0.162 e. The lowest BCUT2D eigenvalue weighted by atomic mass is 10.0. The van der Waals surface area contributed by atoms with E-state index in [1.807, 2.05) is 12.1 Å². The monoisotopic (exact) mass is 205 g/mol. The molecule has 0 bridgehead atoms. The summed E-state index contributed by atoms with van der Waals surface area (Å²) in [5.74, 6) is 0.907. The maximum Gasteiger partial charge on any atom is 0.162 e. The summed E-state index contributed by atoms with van der Waals surface area (Å²) in [6.07, 6.45) is 6.65. The molecule has 1 aliphatic rings. The van der Waals surface area contributed by atoms with Gasteiger partial charge in [0.1, 0.15) is 0 Å². The van der Waals surface area contributed by atoms with Gasteiger partial charge in [0.25, 0.3) is 0 Å². The van der Waals surface area contributed by atoms with Gasteiger partial charge in [-0.05, 0) is 37.8 Å². The second kappa shape index (κ2) is 3.24. The number of furan rings is 1. The van der Waals surface area contributed by atoms with Crippen LogP contribution in [-0.2, 0) is 12.8 Å². The number of hydrogen-bond acceptors (Lipinski definition) is 3. The first-order valence-electron chi connectivity index (χ1n) is 4.96. The largest absolute Gasteiger partial charge is 0.462 e. The van der Waals surface area contributed by atoms with Crippen LogP contribution in [0, 0.1) is 0 Å². The minimum Gasteiger partial charge on any atom is -0.462 e. The quantitative estimate of drug-likeness (QED) is 0.714. The molecule has 0 unspecified atom stereocenters. The molecular formula is C11H11NOS. The van der Waals surface area contributed by atoms with Gasteiger partial charge < -0.3 is 4.42 Å². The minimum absolute atomic E-state index is 0.907. The van der Waals surface area contributed by atoms with Crippen LogP contribution in [0.25, 0.3) is 10.8 Å². The predicted octanol–water partition coefficient (Wildman–Crippen LogP) is 3.28. The molecule has 2 heterocycles. The van der Waals surface area contributed by atoms with Crippen molar-refractivity contribution in [3.05, 3.63) is 29.0 Å². The third-order valence-electron chi connectivity index (χ3n) is 2.58. The van der Waals surface area contributed by atoms with Gasteiger partial charge in [0.05, 0.1) is 12.0 Å². The lowest BCUT2D eigenvalue weighted by Gasteiger charge is -2.06. The van der Waals surface area contributed by atoms with Crippen LogP contribution in [-0.4, -0.2) is 4.98 Å². The molecule has 0 saturated carbocycles. The van der Waals surface area contributed by atoms with Gasteiger partial charge in [-0.3, -0.25) is 0 Å². The van der Waals surface area contributed by atoms with Crippen molar-refractivity contribution >= 4 is 11.3 Å². The zero-order valence-corrected chi connectivity index (χ0v) is 8.64. The molecule has 0 amide bonds. The first-order chi connectivity index (χ1) is 6.93.